The fraction of sp³-hybridized carbons (Fsp3) is 0.656. The third-order valence-corrected chi connectivity index (χ3v) is 9.91. The number of carbonyl (C=O) groups excluding carboxylic acids is 3. The molecule has 0 aromatic heterocycles. The van der Waals surface area contributed by atoms with Crippen LogP contribution in [0.4, 0.5) is 0 Å². The van der Waals surface area contributed by atoms with Crippen molar-refractivity contribution in [1.82, 2.24) is 15.7 Å². The van der Waals surface area contributed by atoms with Crippen molar-refractivity contribution >= 4 is 23.9 Å². The summed E-state index contributed by atoms with van der Waals surface area (Å²) in [6, 6.07) is 6.53. The number of aliphatic hydroxyl groups is 2. The molecule has 2 bridgehead atoms. The first kappa shape index (κ1) is 30.6. The first-order valence-electron chi connectivity index (χ1n) is 16.0. The smallest absolute Gasteiger partial charge is 0.327 e. The fourth-order valence-electron chi connectivity index (χ4n) is 7.66. The first-order chi connectivity index (χ1) is 21.9. The summed E-state index contributed by atoms with van der Waals surface area (Å²) in [5, 5.41) is 25.1. The van der Waals surface area contributed by atoms with Crippen LogP contribution in [0.5, 0.6) is 0 Å². The van der Waals surface area contributed by atoms with Gasteiger partial charge in [-0.2, -0.15) is 5.06 Å². The Labute approximate surface area is 261 Å². The molecule has 13 heteroatoms. The lowest BCUT2D eigenvalue weighted by Crippen LogP contribution is -2.69. The highest BCUT2D eigenvalue weighted by molar-refractivity contribution is 5.94. The largest absolute Gasteiger partial charge is 0.499 e. The lowest BCUT2D eigenvalue weighted by atomic mass is 9.62. The first-order valence-corrected chi connectivity index (χ1v) is 16.0. The molecule has 3 aliphatic carbocycles. The van der Waals surface area contributed by atoms with Gasteiger partial charge in [-0.1, -0.05) is 24.3 Å². The number of benzene rings is 1. The minimum atomic E-state index is -1.33. The van der Waals surface area contributed by atoms with Crippen LogP contribution in [0, 0.1) is 17.3 Å². The number of hydrogen-bond donors (Lipinski definition) is 4. The molecule has 6 aliphatic rings. The normalized spacial score (nSPS) is 33.1. The van der Waals surface area contributed by atoms with Gasteiger partial charge in [-0.15, -0.1) is 0 Å². The van der Waals surface area contributed by atoms with Gasteiger partial charge in [0.05, 0.1) is 26.0 Å². The van der Waals surface area contributed by atoms with Crippen LogP contribution in [0.1, 0.15) is 49.7 Å². The number of carbonyl (C=O) groups is 3. The van der Waals surface area contributed by atoms with Gasteiger partial charge in [0, 0.05) is 37.8 Å². The summed E-state index contributed by atoms with van der Waals surface area (Å²) in [5.74, 6) is -1.45. The van der Waals surface area contributed by atoms with Crippen LogP contribution in [0.25, 0.3) is 6.08 Å². The quantitative estimate of drug-likeness (QED) is 0.128. The van der Waals surface area contributed by atoms with Crippen molar-refractivity contribution in [1.29, 1.82) is 0 Å². The zero-order chi connectivity index (χ0) is 31.2. The predicted octanol–water partition coefficient (Wildman–Crippen LogP) is 0.381. The maximum absolute atomic E-state index is 14.3. The minimum Gasteiger partial charge on any atom is -0.499 e. The molecule has 244 valence electrons. The summed E-state index contributed by atoms with van der Waals surface area (Å²) in [6.45, 7) is 0.245. The highest BCUT2D eigenvalue weighted by atomic mass is 16.8. The molecule has 3 saturated carbocycles. The van der Waals surface area contributed by atoms with Gasteiger partial charge in [0.1, 0.15) is 36.4 Å². The molecule has 6 fully saturated rings. The minimum absolute atomic E-state index is 0.0196. The van der Waals surface area contributed by atoms with E-state index in [1.807, 2.05) is 24.3 Å². The number of nitrogens with zero attached hydrogens (tertiary/aromatic N) is 1. The highest BCUT2D eigenvalue weighted by Crippen LogP contribution is 2.63. The van der Waals surface area contributed by atoms with E-state index in [4.69, 9.17) is 34.0 Å². The van der Waals surface area contributed by atoms with E-state index in [1.165, 1.54) is 6.26 Å². The Morgan fingerprint density at radius 2 is 1.78 bits per heavy atom. The van der Waals surface area contributed by atoms with Crippen LogP contribution in [0.15, 0.2) is 30.5 Å². The van der Waals surface area contributed by atoms with E-state index in [0.717, 1.165) is 36.8 Å². The Bertz CT molecular complexity index is 1320. The third kappa shape index (κ3) is 5.43. The van der Waals surface area contributed by atoms with Gasteiger partial charge in [-0.3, -0.25) is 19.2 Å². The number of amides is 2. The number of aliphatic hydroxyl groups excluding tert-OH is 2. The summed E-state index contributed by atoms with van der Waals surface area (Å²) in [4.78, 5) is 47.0. The number of fused-ring (bicyclic) bond motifs is 4. The van der Waals surface area contributed by atoms with Gasteiger partial charge >= 0.3 is 5.97 Å². The van der Waals surface area contributed by atoms with Crippen LogP contribution >= 0.6 is 0 Å². The Morgan fingerprint density at radius 3 is 2.51 bits per heavy atom. The molecule has 0 spiro atoms. The molecule has 45 heavy (non-hydrogen) atoms. The summed E-state index contributed by atoms with van der Waals surface area (Å²) in [5.41, 5.74) is 0.323. The molecule has 3 heterocycles. The van der Waals surface area contributed by atoms with Gasteiger partial charge in [0.25, 0.3) is 0 Å². The van der Waals surface area contributed by atoms with Crippen LogP contribution < -0.4 is 10.6 Å². The van der Waals surface area contributed by atoms with Crippen LogP contribution in [0.3, 0.4) is 0 Å². The Balaban J connectivity index is 1.19. The van der Waals surface area contributed by atoms with E-state index in [2.05, 4.69) is 10.6 Å². The summed E-state index contributed by atoms with van der Waals surface area (Å²) in [6.07, 6.45) is 4.90. The molecular formula is C32H41N3O10. The molecule has 0 unspecified atom stereocenters. The van der Waals surface area contributed by atoms with Crippen LogP contribution in [-0.4, -0.2) is 102 Å². The molecule has 7 rings (SSSR count). The highest BCUT2D eigenvalue weighted by Gasteiger charge is 2.78. The van der Waals surface area contributed by atoms with Crippen molar-refractivity contribution in [2.24, 2.45) is 17.3 Å². The topological polar surface area (TPSA) is 165 Å². The lowest BCUT2D eigenvalue weighted by molar-refractivity contribution is -0.235. The van der Waals surface area contributed by atoms with Gasteiger partial charge in [-0.05, 0) is 42.9 Å². The van der Waals surface area contributed by atoms with Crippen molar-refractivity contribution < 1.29 is 48.4 Å². The molecule has 1 aromatic rings. The Kier molecular flexibility index (Phi) is 8.34. The zero-order valence-corrected chi connectivity index (χ0v) is 25.1. The maximum atomic E-state index is 14.3. The molecule has 3 aliphatic heterocycles. The standard InChI is InChI=1S/C32H41N3O10/c36-13-12-33-24(38)9-11-34-30(40)31-17-23-25-26(44-32(43-25,21-5-6-21)22-7-8-22)28(31)45-35(27(31)29(39)42-23)18-20-4-2-1-3-19(20)10-15-41-16-14-37/h1-4,10,15,21-23,25-28,36-37H,5-9,11-14,16-18H2,(H,33,38)(H,34,40)/t23-,25+,26+,27+,28-,31+/m1/s1. The molecular weight excluding hydrogens is 586 g/mol. The summed E-state index contributed by atoms with van der Waals surface area (Å²) in [7, 11) is 0. The Hall–Kier alpha value is -3.07. The maximum Gasteiger partial charge on any atom is 0.327 e. The average molecular weight is 628 g/mol. The number of rotatable bonds is 14. The van der Waals surface area contributed by atoms with Gasteiger partial charge < -0.3 is 39.8 Å². The molecule has 3 saturated heterocycles. The van der Waals surface area contributed by atoms with Crippen molar-refractivity contribution in [2.45, 2.75) is 81.3 Å². The number of ether oxygens (including phenoxy) is 4. The summed E-state index contributed by atoms with van der Waals surface area (Å²) < 4.78 is 25.0. The predicted molar refractivity (Wildman–Crippen MR) is 155 cm³/mol. The van der Waals surface area contributed by atoms with Crippen LogP contribution in [-0.2, 0) is 44.7 Å². The number of nitrogens with one attached hydrogen (secondary N) is 2. The number of hydrogen-bond acceptors (Lipinski definition) is 11. The monoisotopic (exact) mass is 627 g/mol. The lowest BCUT2D eigenvalue weighted by Gasteiger charge is -2.48. The molecule has 4 N–H and O–H groups in total. The summed E-state index contributed by atoms with van der Waals surface area (Å²) >= 11 is 0. The molecule has 6 atom stereocenters. The molecule has 2 amide bonds. The van der Waals surface area contributed by atoms with Crippen molar-refractivity contribution in [3.05, 3.63) is 41.7 Å². The second-order valence-corrected chi connectivity index (χ2v) is 12.8. The van der Waals surface area contributed by atoms with E-state index < -0.39 is 47.6 Å². The van der Waals surface area contributed by atoms with Crippen molar-refractivity contribution in [3.8, 4) is 0 Å². The van der Waals surface area contributed by atoms with Gasteiger partial charge in [0.15, 0.2) is 11.8 Å². The second kappa shape index (κ2) is 12.3. The molecule has 13 nitrogen and oxygen atoms in total. The third-order valence-electron chi connectivity index (χ3n) is 9.91. The van der Waals surface area contributed by atoms with E-state index in [9.17, 15) is 14.4 Å². The number of esters is 1. The van der Waals surface area contributed by atoms with E-state index >= 15 is 0 Å². The zero-order valence-electron chi connectivity index (χ0n) is 25.1. The van der Waals surface area contributed by atoms with Gasteiger partial charge in [0.2, 0.25) is 11.8 Å². The van der Waals surface area contributed by atoms with Crippen molar-refractivity contribution in [3.63, 3.8) is 0 Å². The van der Waals surface area contributed by atoms with E-state index in [0.29, 0.717) is 0 Å². The molecule has 1 aromatic carbocycles. The van der Waals surface area contributed by atoms with E-state index in [1.54, 1.807) is 11.1 Å². The second-order valence-electron chi connectivity index (χ2n) is 12.8. The average Bonchev–Trinajstić information content (AvgIpc) is 3.98. The fourth-order valence-corrected chi connectivity index (χ4v) is 7.66. The van der Waals surface area contributed by atoms with E-state index in [-0.39, 0.29) is 75.9 Å². The SMILES string of the molecule is O=C(CCNC(=O)[C@@]12C[C@H]3OC(=O)[C@@H]1N(Cc1ccccc1C=COCCO)O[C@@H]2[C@H]1OC(C2CC2)(C2CC2)O[C@H]13)NCCO. The number of hydroxylamine groups is 2. The molecule has 0 radical (unpaired) electrons. The van der Waals surface area contributed by atoms with Crippen LogP contribution in [0.2, 0.25) is 0 Å². The van der Waals surface area contributed by atoms with Gasteiger partial charge in [-0.25, -0.2) is 0 Å². The van der Waals surface area contributed by atoms with Crippen molar-refractivity contribution in [2.75, 3.05) is 32.9 Å². The Morgan fingerprint density at radius 1 is 1.02 bits per heavy atom.